The molecule has 0 saturated heterocycles. The van der Waals surface area contributed by atoms with Gasteiger partial charge in [0.05, 0.1) is 18.4 Å². The maximum Gasteiger partial charge on any atom is 0.268 e. The number of furan rings is 1. The normalized spacial score (nSPS) is 10.3. The summed E-state index contributed by atoms with van der Waals surface area (Å²) in [7, 11) is 0. The van der Waals surface area contributed by atoms with Crippen molar-refractivity contribution < 1.29 is 9.21 Å². The van der Waals surface area contributed by atoms with Gasteiger partial charge in [-0.05, 0) is 24.6 Å². The Morgan fingerprint density at radius 3 is 2.94 bits per heavy atom. The molecular weight excluding hydrogens is 234 g/mol. The Labute approximate surface area is 103 Å². The van der Waals surface area contributed by atoms with Crippen molar-refractivity contribution in [2.45, 2.75) is 13.5 Å². The van der Waals surface area contributed by atoms with Gasteiger partial charge in [0.1, 0.15) is 5.76 Å². The van der Waals surface area contributed by atoms with Crippen molar-refractivity contribution in [2.75, 3.05) is 0 Å². The van der Waals surface area contributed by atoms with Gasteiger partial charge >= 0.3 is 0 Å². The molecule has 0 fully saturated rings. The highest BCUT2D eigenvalue weighted by Crippen LogP contribution is 2.11. The molecule has 2 rings (SSSR count). The van der Waals surface area contributed by atoms with Crippen molar-refractivity contribution in [3.05, 3.63) is 57.9 Å². The number of carbonyl (C=O) groups excluding carboxylic acids is 1. The van der Waals surface area contributed by atoms with Gasteiger partial charge in [0.2, 0.25) is 0 Å². The Morgan fingerprint density at radius 1 is 1.50 bits per heavy atom. The van der Waals surface area contributed by atoms with E-state index in [9.17, 15) is 9.59 Å². The number of aryl methyl sites for hydroxylation is 1. The molecular formula is C12H13N3O3. The van der Waals surface area contributed by atoms with Crippen LogP contribution in [-0.2, 0) is 6.54 Å². The first-order chi connectivity index (χ1) is 8.61. The zero-order valence-corrected chi connectivity index (χ0v) is 9.84. The largest absolute Gasteiger partial charge is 0.467 e. The number of hydrazine groups is 1. The standard InChI is InChI=1S/C12H13N3O3/c1-8-2-4-15(11(16)6-8)7-10-9(3-5-18-10)12(17)14-13/h2-6H,7,13H2,1H3,(H,14,17). The van der Waals surface area contributed by atoms with Crippen molar-refractivity contribution in [1.29, 1.82) is 0 Å². The highest BCUT2D eigenvalue weighted by molar-refractivity contribution is 5.94. The second-order valence-corrected chi connectivity index (χ2v) is 3.90. The van der Waals surface area contributed by atoms with E-state index in [0.717, 1.165) is 5.56 Å². The number of nitrogens with one attached hydrogen (secondary N) is 1. The molecule has 2 aromatic heterocycles. The third-order valence-electron chi connectivity index (χ3n) is 2.59. The Hall–Kier alpha value is -2.34. The molecule has 2 aromatic rings. The molecule has 94 valence electrons. The summed E-state index contributed by atoms with van der Waals surface area (Å²) in [5.41, 5.74) is 3.09. The Bertz CT molecular complexity index is 627. The van der Waals surface area contributed by atoms with E-state index in [1.165, 1.54) is 23.0 Å². The van der Waals surface area contributed by atoms with E-state index in [4.69, 9.17) is 10.3 Å². The van der Waals surface area contributed by atoms with Crippen molar-refractivity contribution in [2.24, 2.45) is 5.84 Å². The van der Waals surface area contributed by atoms with Crippen LogP contribution in [0.25, 0.3) is 0 Å². The van der Waals surface area contributed by atoms with Crippen molar-refractivity contribution in [3.63, 3.8) is 0 Å². The fourth-order valence-electron chi connectivity index (χ4n) is 1.64. The van der Waals surface area contributed by atoms with Crippen LogP contribution in [0.1, 0.15) is 21.7 Å². The predicted octanol–water partition coefficient (Wildman–Crippen LogP) is 0.402. The Kier molecular flexibility index (Phi) is 3.29. The highest BCUT2D eigenvalue weighted by atomic mass is 16.3. The van der Waals surface area contributed by atoms with Gasteiger partial charge in [-0.1, -0.05) is 0 Å². The van der Waals surface area contributed by atoms with Gasteiger partial charge in [-0.15, -0.1) is 0 Å². The van der Waals surface area contributed by atoms with Crippen LogP contribution < -0.4 is 16.8 Å². The van der Waals surface area contributed by atoms with E-state index in [1.807, 2.05) is 18.4 Å². The summed E-state index contributed by atoms with van der Waals surface area (Å²) < 4.78 is 6.66. The number of nitrogens with two attached hydrogens (primary N) is 1. The van der Waals surface area contributed by atoms with E-state index >= 15 is 0 Å². The molecule has 6 nitrogen and oxygen atoms in total. The summed E-state index contributed by atoms with van der Waals surface area (Å²) in [6.45, 7) is 2.03. The summed E-state index contributed by atoms with van der Waals surface area (Å²) in [6, 6.07) is 4.84. The number of carbonyl (C=O) groups is 1. The van der Waals surface area contributed by atoms with Gasteiger partial charge in [-0.25, -0.2) is 5.84 Å². The lowest BCUT2D eigenvalue weighted by molar-refractivity contribution is 0.0951. The predicted molar refractivity (Wildman–Crippen MR) is 64.9 cm³/mol. The summed E-state index contributed by atoms with van der Waals surface area (Å²) in [4.78, 5) is 23.2. The minimum absolute atomic E-state index is 0.148. The van der Waals surface area contributed by atoms with Crippen LogP contribution >= 0.6 is 0 Å². The van der Waals surface area contributed by atoms with Crippen LogP contribution in [0.5, 0.6) is 0 Å². The number of nitrogens with zero attached hydrogens (tertiary/aromatic N) is 1. The lowest BCUT2D eigenvalue weighted by Crippen LogP contribution is -2.30. The number of rotatable bonds is 3. The molecule has 0 spiro atoms. The number of hydrogen-bond donors (Lipinski definition) is 2. The van der Waals surface area contributed by atoms with Crippen molar-refractivity contribution in [3.8, 4) is 0 Å². The molecule has 0 aliphatic rings. The minimum Gasteiger partial charge on any atom is -0.467 e. The zero-order valence-electron chi connectivity index (χ0n) is 9.84. The zero-order chi connectivity index (χ0) is 13.1. The third kappa shape index (κ3) is 2.33. The maximum atomic E-state index is 11.7. The fourth-order valence-corrected chi connectivity index (χ4v) is 1.64. The number of aromatic nitrogens is 1. The van der Waals surface area contributed by atoms with Crippen LogP contribution in [0.3, 0.4) is 0 Å². The molecule has 0 unspecified atom stereocenters. The monoisotopic (exact) mass is 247 g/mol. The van der Waals surface area contributed by atoms with Crippen LogP contribution in [0.2, 0.25) is 0 Å². The molecule has 2 heterocycles. The molecule has 0 atom stereocenters. The van der Waals surface area contributed by atoms with Gasteiger partial charge < -0.3 is 8.98 Å². The average molecular weight is 247 g/mol. The van der Waals surface area contributed by atoms with Crippen molar-refractivity contribution >= 4 is 5.91 Å². The quantitative estimate of drug-likeness (QED) is 0.466. The first kappa shape index (κ1) is 12.1. The van der Waals surface area contributed by atoms with Crippen LogP contribution in [0.15, 0.2) is 39.9 Å². The fraction of sp³-hybridized carbons (Fsp3) is 0.167. The molecule has 0 aliphatic heterocycles. The molecule has 6 heteroatoms. The number of pyridine rings is 1. The average Bonchev–Trinajstić information content (AvgIpc) is 2.80. The molecule has 0 radical (unpaired) electrons. The van der Waals surface area contributed by atoms with Crippen molar-refractivity contribution in [1.82, 2.24) is 9.99 Å². The number of amides is 1. The summed E-state index contributed by atoms with van der Waals surface area (Å²) in [5.74, 6) is 5.01. The maximum absolute atomic E-state index is 11.7. The molecule has 18 heavy (non-hydrogen) atoms. The van der Waals surface area contributed by atoms with Gasteiger partial charge in [0, 0.05) is 12.3 Å². The highest BCUT2D eigenvalue weighted by Gasteiger charge is 2.14. The molecule has 0 aromatic carbocycles. The summed E-state index contributed by atoms with van der Waals surface area (Å²) in [6.07, 6.45) is 3.05. The molecule has 0 bridgehead atoms. The second kappa shape index (κ2) is 4.89. The topological polar surface area (TPSA) is 90.3 Å². The smallest absolute Gasteiger partial charge is 0.268 e. The number of hydrogen-bond acceptors (Lipinski definition) is 4. The first-order valence-electron chi connectivity index (χ1n) is 5.36. The second-order valence-electron chi connectivity index (χ2n) is 3.90. The first-order valence-corrected chi connectivity index (χ1v) is 5.36. The van der Waals surface area contributed by atoms with E-state index in [2.05, 4.69) is 0 Å². The molecule has 1 amide bonds. The Morgan fingerprint density at radius 2 is 2.28 bits per heavy atom. The lowest BCUT2D eigenvalue weighted by atomic mass is 10.2. The summed E-state index contributed by atoms with van der Waals surface area (Å²) >= 11 is 0. The summed E-state index contributed by atoms with van der Waals surface area (Å²) in [5, 5.41) is 0. The van der Waals surface area contributed by atoms with Crippen LogP contribution in [0, 0.1) is 6.92 Å². The number of nitrogen functional groups attached to an aromatic ring is 1. The van der Waals surface area contributed by atoms with Crippen LogP contribution in [0.4, 0.5) is 0 Å². The van der Waals surface area contributed by atoms with E-state index in [-0.39, 0.29) is 12.1 Å². The minimum atomic E-state index is -0.445. The van der Waals surface area contributed by atoms with E-state index in [0.29, 0.717) is 11.3 Å². The van der Waals surface area contributed by atoms with E-state index in [1.54, 1.807) is 6.20 Å². The molecule has 0 saturated carbocycles. The van der Waals surface area contributed by atoms with Gasteiger partial charge in [-0.2, -0.15) is 0 Å². The van der Waals surface area contributed by atoms with Gasteiger partial charge in [0.25, 0.3) is 11.5 Å². The molecule has 3 N–H and O–H groups in total. The Balaban J connectivity index is 2.32. The van der Waals surface area contributed by atoms with Gasteiger partial charge in [0.15, 0.2) is 0 Å². The van der Waals surface area contributed by atoms with E-state index < -0.39 is 5.91 Å². The van der Waals surface area contributed by atoms with Crippen LogP contribution in [-0.4, -0.2) is 10.5 Å². The third-order valence-corrected chi connectivity index (χ3v) is 2.59. The van der Waals surface area contributed by atoms with Gasteiger partial charge in [-0.3, -0.25) is 15.0 Å². The molecule has 0 aliphatic carbocycles. The lowest BCUT2D eigenvalue weighted by Gasteiger charge is -2.05. The SMILES string of the molecule is Cc1ccn(Cc2occc2C(=O)NN)c(=O)c1.